The zero-order valence-corrected chi connectivity index (χ0v) is 17.7. The maximum Gasteiger partial charge on any atom is 0.349 e. The molecule has 31 heavy (non-hydrogen) atoms. The highest BCUT2D eigenvalue weighted by molar-refractivity contribution is 6.32. The molecule has 0 radical (unpaired) electrons. The summed E-state index contributed by atoms with van der Waals surface area (Å²) in [5.74, 6) is 1.02. The topological polar surface area (TPSA) is 125 Å². The highest BCUT2D eigenvalue weighted by Crippen LogP contribution is 2.41. The fourth-order valence-electron chi connectivity index (χ4n) is 3.69. The third-order valence-corrected chi connectivity index (χ3v) is 5.42. The predicted molar refractivity (Wildman–Crippen MR) is 115 cm³/mol. The Labute approximate surface area is 182 Å². The summed E-state index contributed by atoms with van der Waals surface area (Å²) in [5.41, 5.74) is 4.47. The molecule has 1 aliphatic heterocycles. The van der Waals surface area contributed by atoms with Crippen molar-refractivity contribution in [3.8, 4) is 17.5 Å². The second-order valence-corrected chi connectivity index (χ2v) is 7.97. The number of fused-ring (bicyclic) bond motifs is 1. The highest BCUT2D eigenvalue weighted by atomic mass is 35.5. The van der Waals surface area contributed by atoms with Gasteiger partial charge in [-0.05, 0) is 42.9 Å². The van der Waals surface area contributed by atoms with Crippen LogP contribution in [0.5, 0.6) is 5.75 Å². The lowest BCUT2D eigenvalue weighted by Gasteiger charge is -2.22. The number of ether oxygens (including phenoxy) is 1. The Morgan fingerprint density at radius 2 is 2.06 bits per heavy atom. The van der Waals surface area contributed by atoms with Gasteiger partial charge in [-0.15, -0.1) is 10.2 Å². The lowest BCUT2D eigenvalue weighted by molar-refractivity contribution is 0.522. The van der Waals surface area contributed by atoms with Crippen LogP contribution in [0.1, 0.15) is 37.1 Å². The number of nitrogens with zero attached hydrogens (tertiary/aromatic N) is 4. The average molecular weight is 439 g/mol. The van der Waals surface area contributed by atoms with E-state index < -0.39 is 16.9 Å². The lowest BCUT2D eigenvalue weighted by Crippen LogP contribution is -2.33. The molecule has 10 heteroatoms. The monoisotopic (exact) mass is 438 g/mol. The molecule has 158 valence electrons. The molecule has 9 nitrogen and oxygen atoms in total. The van der Waals surface area contributed by atoms with E-state index in [-0.39, 0.29) is 10.9 Å². The van der Waals surface area contributed by atoms with Crippen LogP contribution in [0.3, 0.4) is 0 Å². The van der Waals surface area contributed by atoms with Crippen molar-refractivity contribution in [3.05, 3.63) is 72.7 Å². The summed E-state index contributed by atoms with van der Waals surface area (Å²) < 4.78 is 7.17. The van der Waals surface area contributed by atoms with Crippen molar-refractivity contribution < 1.29 is 4.74 Å². The Kier molecular flexibility index (Phi) is 5.25. The maximum atomic E-state index is 12.4. The number of nitrogens with one attached hydrogen (secondary N) is 2. The van der Waals surface area contributed by atoms with Gasteiger partial charge in [-0.3, -0.25) is 15.2 Å². The smallest absolute Gasteiger partial charge is 0.349 e. The zero-order chi connectivity index (χ0) is 22.3. The van der Waals surface area contributed by atoms with Gasteiger partial charge < -0.3 is 4.74 Å². The Morgan fingerprint density at radius 1 is 1.32 bits per heavy atom. The SMILES string of the molecule is C=C1C=C(C(C)C)C(Oc2c(Cl)cc(-n3nc(C#N)c(=O)[nH]c3=O)c3c2CCC3)=NN1. The minimum absolute atomic E-state index is 0.150. The summed E-state index contributed by atoms with van der Waals surface area (Å²) >= 11 is 6.58. The van der Waals surface area contributed by atoms with Crippen LogP contribution in [-0.4, -0.2) is 20.7 Å². The molecule has 0 amide bonds. The molecular formula is C21H19ClN6O3. The lowest BCUT2D eigenvalue weighted by atomic mass is 10.0. The molecule has 0 bridgehead atoms. The fraction of sp³-hybridized carbons (Fsp3) is 0.286. The van der Waals surface area contributed by atoms with Crippen LogP contribution in [-0.2, 0) is 12.8 Å². The molecule has 1 aromatic heterocycles. The molecule has 0 spiro atoms. The van der Waals surface area contributed by atoms with Crippen LogP contribution in [0, 0.1) is 17.2 Å². The molecule has 2 aromatic rings. The predicted octanol–water partition coefficient (Wildman–Crippen LogP) is 2.33. The van der Waals surface area contributed by atoms with Crippen LogP contribution in [0.2, 0.25) is 5.02 Å². The van der Waals surface area contributed by atoms with E-state index in [1.165, 1.54) is 0 Å². The van der Waals surface area contributed by atoms with Crippen LogP contribution < -0.4 is 21.4 Å². The number of aromatic nitrogens is 3. The Balaban J connectivity index is 1.83. The van der Waals surface area contributed by atoms with Gasteiger partial charge in [-0.1, -0.05) is 32.0 Å². The molecule has 0 fully saturated rings. The molecule has 0 unspecified atom stereocenters. The zero-order valence-electron chi connectivity index (χ0n) is 17.0. The van der Waals surface area contributed by atoms with Crippen LogP contribution >= 0.6 is 11.6 Å². The molecule has 1 aromatic carbocycles. The molecule has 2 aliphatic rings. The first-order chi connectivity index (χ1) is 14.8. The normalized spacial score (nSPS) is 15.1. The van der Waals surface area contributed by atoms with E-state index >= 15 is 0 Å². The molecule has 2 heterocycles. The highest BCUT2D eigenvalue weighted by Gasteiger charge is 2.27. The first kappa shape index (κ1) is 20.6. The molecule has 2 N–H and O–H groups in total. The first-order valence-electron chi connectivity index (χ1n) is 9.71. The largest absolute Gasteiger partial charge is 0.435 e. The van der Waals surface area contributed by atoms with Gasteiger partial charge in [0.1, 0.15) is 6.07 Å². The van der Waals surface area contributed by atoms with Gasteiger partial charge in [0.15, 0.2) is 5.75 Å². The van der Waals surface area contributed by atoms with Crippen LogP contribution in [0.4, 0.5) is 0 Å². The van der Waals surface area contributed by atoms with Gasteiger partial charge in [0.2, 0.25) is 11.6 Å². The summed E-state index contributed by atoms with van der Waals surface area (Å²) in [6, 6.07) is 3.25. The van der Waals surface area contributed by atoms with E-state index in [4.69, 9.17) is 21.6 Å². The standard InChI is InChI=1S/C21H19ClN6O3/c1-10(2)14-7-11(3)25-26-20(14)31-18-13-6-4-5-12(13)17(8-15(18)22)28-21(30)24-19(29)16(9-23)27-28/h7-8,10,25H,3-6H2,1-2H3,(H,24,29,30). The molecule has 4 rings (SSSR count). The number of hydrogen-bond acceptors (Lipinski definition) is 7. The molecule has 0 saturated heterocycles. The summed E-state index contributed by atoms with van der Waals surface area (Å²) in [6.45, 7) is 7.93. The van der Waals surface area contributed by atoms with Crippen molar-refractivity contribution in [3.63, 3.8) is 0 Å². The second-order valence-electron chi connectivity index (χ2n) is 7.56. The number of allylic oxidation sites excluding steroid dienone is 1. The third-order valence-electron chi connectivity index (χ3n) is 5.14. The summed E-state index contributed by atoms with van der Waals surface area (Å²) in [4.78, 5) is 26.2. The number of hydrogen-bond donors (Lipinski definition) is 2. The Morgan fingerprint density at radius 3 is 2.77 bits per heavy atom. The molecule has 1 aliphatic carbocycles. The van der Waals surface area contributed by atoms with Gasteiger partial charge >= 0.3 is 5.69 Å². The Hall–Kier alpha value is -3.64. The molecule has 0 atom stereocenters. The van der Waals surface area contributed by atoms with Crippen molar-refractivity contribution in [2.75, 3.05) is 0 Å². The van der Waals surface area contributed by atoms with Crippen molar-refractivity contribution in [2.24, 2.45) is 11.0 Å². The number of hydrazone groups is 1. The van der Waals surface area contributed by atoms with Crippen molar-refractivity contribution >= 4 is 17.5 Å². The van der Waals surface area contributed by atoms with E-state index in [2.05, 4.69) is 27.2 Å². The van der Waals surface area contributed by atoms with Crippen molar-refractivity contribution in [1.82, 2.24) is 20.2 Å². The number of benzene rings is 1. The van der Waals surface area contributed by atoms with E-state index in [1.807, 2.05) is 19.9 Å². The van der Waals surface area contributed by atoms with Crippen LogP contribution in [0.15, 0.2) is 44.7 Å². The maximum absolute atomic E-state index is 12.4. The molecule has 0 saturated carbocycles. The number of halogens is 1. The van der Waals surface area contributed by atoms with E-state index in [0.717, 1.165) is 27.8 Å². The number of nitriles is 1. The number of rotatable bonds is 3. The minimum atomic E-state index is -0.830. The average Bonchev–Trinajstić information content (AvgIpc) is 3.21. The van der Waals surface area contributed by atoms with Gasteiger partial charge in [-0.25, -0.2) is 4.79 Å². The fourth-order valence-corrected chi connectivity index (χ4v) is 3.95. The molecular weight excluding hydrogens is 420 g/mol. The second kappa shape index (κ2) is 7.89. The van der Waals surface area contributed by atoms with Crippen LogP contribution in [0.25, 0.3) is 5.69 Å². The number of aromatic amines is 1. The summed E-state index contributed by atoms with van der Waals surface area (Å²) in [6.07, 6.45) is 4.07. The van der Waals surface area contributed by atoms with E-state index in [1.54, 1.807) is 12.1 Å². The first-order valence-corrected chi connectivity index (χ1v) is 10.1. The Bertz CT molecular complexity index is 1330. The van der Waals surface area contributed by atoms with Gasteiger partial charge in [0.25, 0.3) is 5.56 Å². The minimum Gasteiger partial charge on any atom is -0.435 e. The van der Waals surface area contributed by atoms with Crippen molar-refractivity contribution in [1.29, 1.82) is 5.26 Å². The third kappa shape index (κ3) is 3.66. The quantitative estimate of drug-likeness (QED) is 0.757. The van der Waals surface area contributed by atoms with Gasteiger partial charge in [0, 0.05) is 16.8 Å². The van der Waals surface area contributed by atoms with Gasteiger partial charge in [0.05, 0.1) is 10.7 Å². The number of H-pyrrole nitrogens is 1. The van der Waals surface area contributed by atoms with E-state index in [9.17, 15) is 9.59 Å². The summed E-state index contributed by atoms with van der Waals surface area (Å²) in [7, 11) is 0. The summed E-state index contributed by atoms with van der Waals surface area (Å²) in [5, 5.41) is 17.6. The van der Waals surface area contributed by atoms with E-state index in [0.29, 0.717) is 35.9 Å². The van der Waals surface area contributed by atoms with Gasteiger partial charge in [-0.2, -0.15) is 9.94 Å². The van der Waals surface area contributed by atoms with Crippen molar-refractivity contribution in [2.45, 2.75) is 33.1 Å².